The molecule has 0 unspecified atom stereocenters. The van der Waals surface area contributed by atoms with E-state index < -0.39 is 0 Å². The molecule has 0 aliphatic carbocycles. The Labute approximate surface area is 144 Å². The molecule has 0 radical (unpaired) electrons. The van der Waals surface area contributed by atoms with Gasteiger partial charge >= 0.3 is 0 Å². The highest BCUT2D eigenvalue weighted by molar-refractivity contribution is 5.78. The Balaban J connectivity index is 1.59. The van der Waals surface area contributed by atoms with E-state index in [1.54, 1.807) is 41.3 Å². The van der Waals surface area contributed by atoms with Crippen molar-refractivity contribution in [1.29, 1.82) is 0 Å². The SMILES string of the molecule is COc1ncccc1CNC(=O)Cc1ccn(-c2ccc(F)cc2)n1. The highest BCUT2D eigenvalue weighted by Gasteiger charge is 2.09. The molecule has 6 nitrogen and oxygen atoms in total. The number of ether oxygens (including phenoxy) is 1. The summed E-state index contributed by atoms with van der Waals surface area (Å²) in [5.74, 6) is 0.0278. The number of aromatic nitrogens is 3. The first-order chi connectivity index (χ1) is 12.2. The van der Waals surface area contributed by atoms with Gasteiger partial charge in [-0.2, -0.15) is 5.10 Å². The Morgan fingerprint density at radius 2 is 2.04 bits per heavy atom. The lowest BCUT2D eigenvalue weighted by Crippen LogP contribution is -2.25. The molecular weight excluding hydrogens is 323 g/mol. The highest BCUT2D eigenvalue weighted by Crippen LogP contribution is 2.13. The molecule has 1 aromatic carbocycles. The van der Waals surface area contributed by atoms with Crippen LogP contribution >= 0.6 is 0 Å². The monoisotopic (exact) mass is 340 g/mol. The molecule has 25 heavy (non-hydrogen) atoms. The molecule has 3 aromatic rings. The number of hydrogen-bond acceptors (Lipinski definition) is 4. The van der Waals surface area contributed by atoms with Gasteiger partial charge in [0.1, 0.15) is 5.82 Å². The first-order valence-electron chi connectivity index (χ1n) is 7.71. The largest absolute Gasteiger partial charge is 0.481 e. The van der Waals surface area contributed by atoms with Gasteiger partial charge in [-0.15, -0.1) is 0 Å². The zero-order valence-corrected chi connectivity index (χ0v) is 13.6. The van der Waals surface area contributed by atoms with Gasteiger partial charge in [0.2, 0.25) is 11.8 Å². The van der Waals surface area contributed by atoms with Crippen molar-refractivity contribution in [3.05, 3.63) is 71.9 Å². The number of rotatable bonds is 6. The van der Waals surface area contributed by atoms with Crippen LogP contribution in [-0.4, -0.2) is 27.8 Å². The normalized spacial score (nSPS) is 10.5. The van der Waals surface area contributed by atoms with Crippen molar-refractivity contribution in [2.45, 2.75) is 13.0 Å². The van der Waals surface area contributed by atoms with Gasteiger partial charge in [-0.05, 0) is 36.4 Å². The van der Waals surface area contributed by atoms with Gasteiger partial charge in [0.25, 0.3) is 0 Å². The lowest BCUT2D eigenvalue weighted by atomic mass is 10.2. The molecule has 0 fully saturated rings. The fraction of sp³-hybridized carbons (Fsp3) is 0.167. The highest BCUT2D eigenvalue weighted by atomic mass is 19.1. The number of amides is 1. The molecule has 128 valence electrons. The van der Waals surface area contributed by atoms with Crippen LogP contribution in [0.5, 0.6) is 5.88 Å². The summed E-state index contributed by atoms with van der Waals surface area (Å²) in [5, 5.41) is 7.16. The quantitative estimate of drug-likeness (QED) is 0.747. The van der Waals surface area contributed by atoms with E-state index in [9.17, 15) is 9.18 Å². The second-order valence-corrected chi connectivity index (χ2v) is 5.35. The molecule has 7 heteroatoms. The zero-order chi connectivity index (χ0) is 17.6. The molecule has 0 bridgehead atoms. The van der Waals surface area contributed by atoms with Crippen molar-refractivity contribution >= 4 is 5.91 Å². The molecular formula is C18H17FN4O2. The van der Waals surface area contributed by atoms with E-state index >= 15 is 0 Å². The molecule has 1 amide bonds. The van der Waals surface area contributed by atoms with Crippen LogP contribution in [0.2, 0.25) is 0 Å². The molecule has 2 heterocycles. The molecule has 0 saturated heterocycles. The van der Waals surface area contributed by atoms with Crippen molar-refractivity contribution in [1.82, 2.24) is 20.1 Å². The summed E-state index contributed by atoms with van der Waals surface area (Å²) in [4.78, 5) is 16.2. The van der Waals surface area contributed by atoms with Crippen LogP contribution in [0, 0.1) is 5.82 Å². The molecule has 0 spiro atoms. The van der Waals surface area contributed by atoms with Gasteiger partial charge in [0.05, 0.1) is 24.9 Å². The van der Waals surface area contributed by atoms with E-state index in [0.717, 1.165) is 11.3 Å². The van der Waals surface area contributed by atoms with Crippen LogP contribution in [0.15, 0.2) is 54.9 Å². The van der Waals surface area contributed by atoms with E-state index in [0.29, 0.717) is 18.1 Å². The van der Waals surface area contributed by atoms with Gasteiger partial charge in [0, 0.05) is 24.5 Å². The summed E-state index contributed by atoms with van der Waals surface area (Å²) in [6.45, 7) is 0.328. The van der Waals surface area contributed by atoms with Crippen LogP contribution in [0.25, 0.3) is 5.69 Å². The lowest BCUT2D eigenvalue weighted by Gasteiger charge is -2.08. The predicted octanol–water partition coefficient (Wildman–Crippen LogP) is 2.27. The molecule has 1 N–H and O–H groups in total. The zero-order valence-electron chi connectivity index (χ0n) is 13.6. The Morgan fingerprint density at radius 1 is 1.24 bits per heavy atom. The Kier molecular flexibility index (Phi) is 5.03. The standard InChI is InChI=1S/C18H17FN4O2/c1-25-18-13(3-2-9-20-18)12-21-17(24)11-15-8-10-23(22-15)16-6-4-14(19)5-7-16/h2-10H,11-12H2,1H3,(H,21,24). The third-order valence-corrected chi connectivity index (χ3v) is 3.60. The smallest absolute Gasteiger partial charge is 0.226 e. The predicted molar refractivity (Wildman–Crippen MR) is 89.9 cm³/mol. The fourth-order valence-electron chi connectivity index (χ4n) is 2.36. The first-order valence-corrected chi connectivity index (χ1v) is 7.71. The molecule has 2 aromatic heterocycles. The number of benzene rings is 1. The fourth-order valence-corrected chi connectivity index (χ4v) is 2.36. The van der Waals surface area contributed by atoms with Crippen molar-refractivity contribution in [3.63, 3.8) is 0 Å². The summed E-state index contributed by atoms with van der Waals surface area (Å²) >= 11 is 0. The topological polar surface area (TPSA) is 69.0 Å². The van der Waals surface area contributed by atoms with Crippen LogP contribution in [0.3, 0.4) is 0 Å². The molecule has 0 saturated carbocycles. The minimum Gasteiger partial charge on any atom is -0.481 e. The van der Waals surface area contributed by atoms with Crippen LogP contribution < -0.4 is 10.1 Å². The molecule has 0 aliphatic heterocycles. The number of pyridine rings is 1. The average molecular weight is 340 g/mol. The third-order valence-electron chi connectivity index (χ3n) is 3.60. The van der Waals surface area contributed by atoms with Gasteiger partial charge in [-0.3, -0.25) is 4.79 Å². The van der Waals surface area contributed by atoms with E-state index in [1.807, 2.05) is 6.07 Å². The summed E-state index contributed by atoms with van der Waals surface area (Å²) in [7, 11) is 1.54. The maximum Gasteiger partial charge on any atom is 0.226 e. The maximum atomic E-state index is 13.0. The molecule has 3 rings (SSSR count). The van der Waals surface area contributed by atoms with E-state index in [1.165, 1.54) is 19.2 Å². The van der Waals surface area contributed by atoms with Crippen LogP contribution in [0.4, 0.5) is 4.39 Å². The van der Waals surface area contributed by atoms with E-state index in [2.05, 4.69) is 15.4 Å². The number of methoxy groups -OCH3 is 1. The average Bonchev–Trinajstić information content (AvgIpc) is 3.09. The summed E-state index contributed by atoms with van der Waals surface area (Å²) in [6.07, 6.45) is 3.52. The summed E-state index contributed by atoms with van der Waals surface area (Å²) < 4.78 is 19.7. The summed E-state index contributed by atoms with van der Waals surface area (Å²) in [5.41, 5.74) is 2.16. The Hall–Kier alpha value is -3.22. The second-order valence-electron chi connectivity index (χ2n) is 5.35. The van der Waals surface area contributed by atoms with Gasteiger partial charge in [0.15, 0.2) is 0 Å². The van der Waals surface area contributed by atoms with E-state index in [4.69, 9.17) is 4.74 Å². The number of hydrogen-bond donors (Lipinski definition) is 1. The van der Waals surface area contributed by atoms with Crippen LogP contribution in [0.1, 0.15) is 11.3 Å². The first kappa shape index (κ1) is 16.6. The van der Waals surface area contributed by atoms with Crippen molar-refractivity contribution < 1.29 is 13.9 Å². The molecule has 0 atom stereocenters. The minimum absolute atomic E-state index is 0.150. The molecule has 0 aliphatic rings. The van der Waals surface area contributed by atoms with Gasteiger partial charge < -0.3 is 10.1 Å². The number of nitrogens with zero attached hydrogens (tertiary/aromatic N) is 3. The van der Waals surface area contributed by atoms with Crippen molar-refractivity contribution in [2.24, 2.45) is 0 Å². The number of nitrogens with one attached hydrogen (secondary N) is 1. The van der Waals surface area contributed by atoms with Crippen molar-refractivity contribution in [3.8, 4) is 11.6 Å². The summed E-state index contributed by atoms with van der Waals surface area (Å²) in [6, 6.07) is 11.4. The number of halogens is 1. The Bertz CT molecular complexity index is 862. The van der Waals surface area contributed by atoms with E-state index in [-0.39, 0.29) is 18.1 Å². The van der Waals surface area contributed by atoms with Crippen molar-refractivity contribution in [2.75, 3.05) is 7.11 Å². The third kappa shape index (κ3) is 4.20. The maximum absolute atomic E-state index is 13.0. The minimum atomic E-state index is -0.304. The second kappa shape index (κ2) is 7.57. The number of carbonyl (C=O) groups is 1. The number of carbonyl (C=O) groups excluding carboxylic acids is 1. The lowest BCUT2D eigenvalue weighted by molar-refractivity contribution is -0.120. The van der Waals surface area contributed by atoms with Gasteiger partial charge in [-0.25, -0.2) is 14.1 Å². The van der Waals surface area contributed by atoms with Crippen LogP contribution in [-0.2, 0) is 17.8 Å². The Morgan fingerprint density at radius 3 is 2.80 bits per heavy atom. The van der Waals surface area contributed by atoms with Gasteiger partial charge in [-0.1, -0.05) is 6.07 Å².